The minimum Gasteiger partial charge on any atom is -0.460 e. The van der Waals surface area contributed by atoms with E-state index < -0.39 is 21.8 Å². The second kappa shape index (κ2) is 7.77. The van der Waals surface area contributed by atoms with Crippen LogP contribution in [-0.2, 0) is 26.2 Å². The summed E-state index contributed by atoms with van der Waals surface area (Å²) >= 11 is 4.86. The number of nitrogens with zero attached hydrogens (tertiary/aromatic N) is 3. The van der Waals surface area contributed by atoms with Crippen LogP contribution in [0.4, 0.5) is 0 Å². The van der Waals surface area contributed by atoms with Crippen LogP contribution in [0.1, 0.15) is 17.9 Å². The fourth-order valence-electron chi connectivity index (χ4n) is 2.16. The van der Waals surface area contributed by atoms with Gasteiger partial charge in [0.15, 0.2) is 5.11 Å². The van der Waals surface area contributed by atoms with Crippen LogP contribution in [0.5, 0.6) is 0 Å². The molecule has 1 aromatic rings. The monoisotopic (exact) mass is 396 g/mol. The number of nitrogens with one attached hydrogen (secondary N) is 1. The molecule has 1 saturated heterocycles. The Balaban J connectivity index is 2.21. The highest BCUT2D eigenvalue weighted by atomic mass is 32.2. The molecule has 0 atom stereocenters. The minimum atomic E-state index is -3.52. The number of thiocarbonyl (C=S) groups is 1. The molecule has 26 heavy (non-hydrogen) atoms. The Kier molecular flexibility index (Phi) is 5.91. The zero-order valence-corrected chi connectivity index (χ0v) is 15.7. The SMILES string of the molecule is CN1C(=O)/C(=C\c2ccc(CN(CCC#N)S(C)(=O)=O)o2)C(=O)NC1=S. The highest BCUT2D eigenvalue weighted by molar-refractivity contribution is 7.88. The van der Waals surface area contributed by atoms with Gasteiger partial charge >= 0.3 is 0 Å². The van der Waals surface area contributed by atoms with Gasteiger partial charge in [-0.05, 0) is 30.4 Å². The average Bonchev–Trinajstić information content (AvgIpc) is 2.99. The number of hydrogen-bond donors (Lipinski definition) is 1. The molecular weight excluding hydrogens is 380 g/mol. The van der Waals surface area contributed by atoms with E-state index in [0.717, 1.165) is 15.5 Å². The number of amides is 2. The molecule has 0 aliphatic carbocycles. The molecule has 2 amide bonds. The largest absolute Gasteiger partial charge is 0.460 e. The van der Waals surface area contributed by atoms with E-state index in [2.05, 4.69) is 5.32 Å². The van der Waals surface area contributed by atoms with Gasteiger partial charge in [0, 0.05) is 20.0 Å². The van der Waals surface area contributed by atoms with Crippen LogP contribution >= 0.6 is 12.2 Å². The lowest BCUT2D eigenvalue weighted by Gasteiger charge is -2.24. The van der Waals surface area contributed by atoms with Crippen molar-refractivity contribution in [2.45, 2.75) is 13.0 Å². The van der Waals surface area contributed by atoms with Crippen molar-refractivity contribution in [2.75, 3.05) is 19.8 Å². The van der Waals surface area contributed by atoms with E-state index in [1.807, 2.05) is 6.07 Å². The molecule has 0 radical (unpaired) electrons. The third kappa shape index (κ3) is 4.54. The van der Waals surface area contributed by atoms with Crippen molar-refractivity contribution in [3.05, 3.63) is 29.2 Å². The number of rotatable bonds is 6. The molecule has 138 valence electrons. The lowest BCUT2D eigenvalue weighted by molar-refractivity contribution is -0.128. The van der Waals surface area contributed by atoms with Gasteiger partial charge in [-0.2, -0.15) is 9.57 Å². The Morgan fingerprint density at radius 1 is 1.42 bits per heavy atom. The predicted molar refractivity (Wildman–Crippen MR) is 95.7 cm³/mol. The zero-order valence-electron chi connectivity index (χ0n) is 14.1. The summed E-state index contributed by atoms with van der Waals surface area (Å²) in [7, 11) is -2.08. The number of carbonyl (C=O) groups is 2. The van der Waals surface area contributed by atoms with E-state index in [4.69, 9.17) is 21.9 Å². The van der Waals surface area contributed by atoms with Crippen molar-refractivity contribution in [3.8, 4) is 6.07 Å². The quantitative estimate of drug-likeness (QED) is 0.414. The molecule has 0 aromatic carbocycles. The minimum absolute atomic E-state index is 0.0126. The maximum absolute atomic E-state index is 12.1. The molecule has 1 fully saturated rings. The fourth-order valence-corrected chi connectivity index (χ4v) is 3.12. The molecule has 2 heterocycles. The van der Waals surface area contributed by atoms with E-state index in [1.165, 1.54) is 25.3 Å². The molecule has 1 N–H and O–H groups in total. The molecule has 1 aromatic heterocycles. The van der Waals surface area contributed by atoms with Gasteiger partial charge in [-0.3, -0.25) is 19.8 Å². The highest BCUT2D eigenvalue weighted by Gasteiger charge is 2.31. The number of carbonyl (C=O) groups excluding carboxylic acids is 2. The van der Waals surface area contributed by atoms with Crippen molar-refractivity contribution < 1.29 is 22.4 Å². The molecule has 11 heteroatoms. The van der Waals surface area contributed by atoms with Gasteiger partial charge in [0.2, 0.25) is 10.0 Å². The first-order valence-corrected chi connectivity index (χ1v) is 9.65. The molecule has 0 spiro atoms. The fraction of sp³-hybridized carbons (Fsp3) is 0.333. The van der Waals surface area contributed by atoms with Crippen molar-refractivity contribution in [1.82, 2.24) is 14.5 Å². The van der Waals surface area contributed by atoms with Gasteiger partial charge < -0.3 is 4.42 Å². The van der Waals surface area contributed by atoms with Gasteiger partial charge in [0.1, 0.15) is 17.1 Å². The second-order valence-electron chi connectivity index (χ2n) is 5.49. The Labute approximate surface area is 155 Å². The number of hydrogen-bond acceptors (Lipinski definition) is 7. The van der Waals surface area contributed by atoms with E-state index in [0.29, 0.717) is 5.76 Å². The number of likely N-dealkylation sites (N-methyl/N-ethyl adjacent to an activating group) is 1. The number of nitriles is 1. The van der Waals surface area contributed by atoms with Gasteiger partial charge in [-0.15, -0.1) is 0 Å². The summed E-state index contributed by atoms with van der Waals surface area (Å²) in [4.78, 5) is 25.2. The summed E-state index contributed by atoms with van der Waals surface area (Å²) in [6.45, 7) is -0.0244. The van der Waals surface area contributed by atoms with Crippen LogP contribution in [0.25, 0.3) is 6.08 Å². The molecule has 1 aliphatic rings. The van der Waals surface area contributed by atoms with Crippen molar-refractivity contribution in [2.24, 2.45) is 0 Å². The van der Waals surface area contributed by atoms with Crippen LogP contribution in [0.3, 0.4) is 0 Å². The van der Waals surface area contributed by atoms with Crippen LogP contribution in [0, 0.1) is 11.3 Å². The Morgan fingerprint density at radius 2 is 2.12 bits per heavy atom. The van der Waals surface area contributed by atoms with Crippen molar-refractivity contribution in [3.63, 3.8) is 0 Å². The van der Waals surface area contributed by atoms with Gasteiger partial charge in [0.05, 0.1) is 18.9 Å². The number of sulfonamides is 1. The first kappa shape index (κ1) is 19.8. The summed E-state index contributed by atoms with van der Waals surface area (Å²) < 4.78 is 30.1. The maximum atomic E-state index is 12.1. The van der Waals surface area contributed by atoms with Crippen molar-refractivity contribution >= 4 is 45.2 Å². The predicted octanol–water partition coefficient (Wildman–Crippen LogP) is 0.211. The summed E-state index contributed by atoms with van der Waals surface area (Å²) in [6, 6.07) is 4.94. The Morgan fingerprint density at radius 3 is 2.73 bits per heavy atom. The third-order valence-corrected chi connectivity index (χ3v) is 5.17. The third-order valence-electron chi connectivity index (χ3n) is 3.55. The molecule has 0 unspecified atom stereocenters. The molecular formula is C15H16N4O5S2. The summed E-state index contributed by atoms with van der Waals surface area (Å²) in [5.74, 6) is -0.674. The van der Waals surface area contributed by atoms with Crippen LogP contribution < -0.4 is 5.32 Å². The summed E-state index contributed by atoms with van der Waals surface area (Å²) in [5.41, 5.74) is -0.147. The van der Waals surface area contributed by atoms with Gasteiger partial charge in [0.25, 0.3) is 11.8 Å². The van der Waals surface area contributed by atoms with Crippen LogP contribution in [-0.4, -0.2) is 54.4 Å². The van der Waals surface area contributed by atoms with Crippen molar-refractivity contribution in [1.29, 1.82) is 5.26 Å². The molecule has 9 nitrogen and oxygen atoms in total. The normalized spacial score (nSPS) is 16.9. The summed E-state index contributed by atoms with van der Waals surface area (Å²) in [6.07, 6.45) is 2.35. The standard InChI is InChI=1S/C15H16N4O5S2/c1-18-14(21)12(13(20)17-15(18)25)8-10-4-5-11(24-10)9-19(7-3-6-16)26(2,22)23/h4-5,8H,3,7,9H2,1-2H3,(H,17,20,25)/b12-8-. The Bertz CT molecular complexity index is 926. The lowest BCUT2D eigenvalue weighted by atomic mass is 10.1. The van der Waals surface area contributed by atoms with Gasteiger partial charge in [-0.1, -0.05) is 0 Å². The molecule has 1 aliphatic heterocycles. The summed E-state index contributed by atoms with van der Waals surface area (Å²) in [5, 5.41) is 11.0. The first-order chi connectivity index (χ1) is 12.1. The molecule has 0 saturated carbocycles. The molecule has 2 rings (SSSR count). The van der Waals surface area contributed by atoms with E-state index in [-0.39, 0.29) is 36.0 Å². The van der Waals surface area contributed by atoms with E-state index >= 15 is 0 Å². The zero-order chi connectivity index (χ0) is 19.5. The lowest BCUT2D eigenvalue weighted by Crippen LogP contribution is -2.52. The van der Waals surface area contributed by atoms with Crippen LogP contribution in [0.15, 0.2) is 22.1 Å². The highest BCUT2D eigenvalue weighted by Crippen LogP contribution is 2.18. The number of furan rings is 1. The molecule has 0 bridgehead atoms. The topological polar surface area (TPSA) is 124 Å². The Hall–Kier alpha value is -2.55. The van der Waals surface area contributed by atoms with Crippen LogP contribution in [0.2, 0.25) is 0 Å². The second-order valence-corrected chi connectivity index (χ2v) is 7.86. The van der Waals surface area contributed by atoms with E-state index in [9.17, 15) is 18.0 Å². The first-order valence-electron chi connectivity index (χ1n) is 7.39. The average molecular weight is 396 g/mol. The van der Waals surface area contributed by atoms with E-state index in [1.54, 1.807) is 0 Å². The van der Waals surface area contributed by atoms with Gasteiger partial charge in [-0.25, -0.2) is 8.42 Å². The smallest absolute Gasteiger partial charge is 0.265 e. The maximum Gasteiger partial charge on any atom is 0.265 e.